The molecule has 7 nitrogen and oxygen atoms in total. The van der Waals surface area contributed by atoms with Gasteiger partial charge in [-0.15, -0.1) is 0 Å². The van der Waals surface area contributed by atoms with Gasteiger partial charge in [0.25, 0.3) is 6.43 Å². The Balaban J connectivity index is 1.32. The predicted octanol–water partition coefficient (Wildman–Crippen LogP) is 3.78. The second kappa shape index (κ2) is 7.77. The number of hydrogen-bond acceptors (Lipinski definition) is 6. The Bertz CT molecular complexity index is 1170. The van der Waals surface area contributed by atoms with E-state index in [0.717, 1.165) is 22.7 Å². The summed E-state index contributed by atoms with van der Waals surface area (Å²) < 4.78 is 66.3. The van der Waals surface area contributed by atoms with E-state index >= 15 is 0 Å². The van der Waals surface area contributed by atoms with Gasteiger partial charge in [0.15, 0.2) is 5.65 Å². The molecule has 0 bridgehead atoms. The number of alkyl halides is 5. The fourth-order valence-corrected chi connectivity index (χ4v) is 4.77. The molecule has 0 aromatic carbocycles. The van der Waals surface area contributed by atoms with Crippen molar-refractivity contribution in [1.82, 2.24) is 24.7 Å². The summed E-state index contributed by atoms with van der Waals surface area (Å²) >= 11 is 0. The highest BCUT2D eigenvalue weighted by Crippen LogP contribution is 2.44. The van der Waals surface area contributed by atoms with E-state index in [1.54, 1.807) is 6.20 Å². The van der Waals surface area contributed by atoms with Crippen molar-refractivity contribution in [3.63, 3.8) is 0 Å². The molecule has 1 spiro atoms. The highest BCUT2D eigenvalue weighted by atomic mass is 19.4. The van der Waals surface area contributed by atoms with Crippen molar-refractivity contribution in [2.75, 3.05) is 36.0 Å². The van der Waals surface area contributed by atoms with Crippen molar-refractivity contribution in [2.45, 2.75) is 38.9 Å². The highest BCUT2D eigenvalue weighted by molar-refractivity contribution is 5.71. The van der Waals surface area contributed by atoms with Crippen LogP contribution in [0.4, 0.5) is 33.5 Å². The van der Waals surface area contributed by atoms with Crippen LogP contribution < -0.4 is 9.80 Å². The maximum absolute atomic E-state index is 13.2. The molecule has 12 heteroatoms. The minimum atomic E-state index is -4.48. The Morgan fingerprint density at radius 1 is 1.06 bits per heavy atom. The quantitative estimate of drug-likeness (QED) is 0.533. The lowest BCUT2D eigenvalue weighted by molar-refractivity contribution is -0.141. The van der Waals surface area contributed by atoms with E-state index in [1.165, 1.54) is 12.4 Å². The molecule has 0 unspecified atom stereocenters. The second-order valence-electron chi connectivity index (χ2n) is 8.73. The van der Waals surface area contributed by atoms with Gasteiger partial charge in [0.05, 0.1) is 12.4 Å². The maximum atomic E-state index is 13.2. The lowest BCUT2D eigenvalue weighted by Crippen LogP contribution is -2.58. The molecule has 0 radical (unpaired) electrons. The number of fused-ring (bicyclic) bond motifs is 1. The van der Waals surface area contributed by atoms with Crippen LogP contribution >= 0.6 is 0 Å². The molecule has 0 amide bonds. The number of hydrogen-bond donors (Lipinski definition) is 0. The Morgan fingerprint density at radius 2 is 1.82 bits per heavy atom. The molecule has 2 fully saturated rings. The molecule has 0 saturated carbocycles. The first-order chi connectivity index (χ1) is 15.7. The molecular formula is C21H22F5N7. The van der Waals surface area contributed by atoms with Crippen LogP contribution in [0.5, 0.6) is 0 Å². The number of nitrogens with zero attached hydrogens (tertiary/aromatic N) is 7. The summed E-state index contributed by atoms with van der Waals surface area (Å²) in [6.45, 7) is 4.00. The molecule has 0 atom stereocenters. The van der Waals surface area contributed by atoms with E-state index in [2.05, 4.69) is 25.0 Å². The van der Waals surface area contributed by atoms with Gasteiger partial charge in [-0.3, -0.25) is 4.98 Å². The van der Waals surface area contributed by atoms with Crippen LogP contribution in [0, 0.1) is 5.41 Å². The van der Waals surface area contributed by atoms with Crippen molar-refractivity contribution in [3.05, 3.63) is 35.9 Å². The molecule has 5 heterocycles. The summed E-state index contributed by atoms with van der Waals surface area (Å²) in [5.74, 6) is 0.589. The minimum Gasteiger partial charge on any atom is -0.370 e. The number of aromatic nitrogens is 5. The van der Waals surface area contributed by atoms with Gasteiger partial charge >= 0.3 is 6.18 Å². The first-order valence-corrected chi connectivity index (χ1v) is 10.7. The van der Waals surface area contributed by atoms with E-state index < -0.39 is 24.8 Å². The van der Waals surface area contributed by atoms with E-state index in [0.29, 0.717) is 55.3 Å². The van der Waals surface area contributed by atoms with Crippen molar-refractivity contribution in [2.24, 2.45) is 5.41 Å². The predicted molar refractivity (Wildman–Crippen MR) is 111 cm³/mol. The molecule has 3 aromatic rings. The molecule has 2 saturated heterocycles. The average Bonchev–Trinajstić information content (AvgIpc) is 3.36. The van der Waals surface area contributed by atoms with Crippen LogP contribution in [-0.2, 0) is 19.1 Å². The smallest absolute Gasteiger partial charge is 0.370 e. The normalized spacial score (nSPS) is 18.0. The lowest BCUT2D eigenvalue weighted by Gasteiger charge is -2.50. The van der Waals surface area contributed by atoms with Crippen LogP contribution in [0.15, 0.2) is 24.7 Å². The van der Waals surface area contributed by atoms with Gasteiger partial charge in [-0.1, -0.05) is 6.92 Å². The number of pyridine rings is 1. The third-order valence-electron chi connectivity index (χ3n) is 6.43. The van der Waals surface area contributed by atoms with Crippen molar-refractivity contribution in [3.8, 4) is 0 Å². The van der Waals surface area contributed by atoms with E-state index in [9.17, 15) is 22.0 Å². The Kier molecular flexibility index (Phi) is 5.13. The number of aryl methyl sites for hydroxylation is 1. The SMILES string of the molecule is CCc1cnc(C(F)(F)F)cc1N1CC2(CCN(c3cnc4cnn(CC(F)F)c4n3)C2)C1. The van der Waals surface area contributed by atoms with E-state index in [4.69, 9.17) is 0 Å². The molecule has 0 aliphatic carbocycles. The van der Waals surface area contributed by atoms with Crippen LogP contribution in [0.1, 0.15) is 24.6 Å². The zero-order chi connectivity index (χ0) is 23.4. The zero-order valence-corrected chi connectivity index (χ0v) is 17.9. The fourth-order valence-electron chi connectivity index (χ4n) is 4.77. The molecular weight excluding hydrogens is 445 g/mol. The van der Waals surface area contributed by atoms with Gasteiger partial charge in [-0.2, -0.15) is 18.3 Å². The van der Waals surface area contributed by atoms with E-state index in [1.807, 2.05) is 11.8 Å². The summed E-state index contributed by atoms with van der Waals surface area (Å²) in [6, 6.07) is 1.14. The standard InChI is InChI=1S/C21H22F5N7/c1-2-13-6-28-16(21(24,25)26)5-15(13)32-11-20(12-32)3-4-31(10-20)18-8-27-14-7-29-33(9-17(22)23)19(14)30-18/h5-8,17H,2-4,9-12H2,1H3. The molecule has 33 heavy (non-hydrogen) atoms. The van der Waals surface area contributed by atoms with Gasteiger partial charge in [0.1, 0.15) is 23.6 Å². The van der Waals surface area contributed by atoms with Crippen LogP contribution in [0.3, 0.4) is 0 Å². The number of halogens is 5. The third kappa shape index (κ3) is 3.95. The molecule has 3 aromatic heterocycles. The average molecular weight is 467 g/mol. The van der Waals surface area contributed by atoms with Gasteiger partial charge in [-0.05, 0) is 24.5 Å². The summed E-state index contributed by atoms with van der Waals surface area (Å²) in [5.41, 5.74) is 1.19. The fraction of sp³-hybridized carbons (Fsp3) is 0.524. The van der Waals surface area contributed by atoms with Crippen molar-refractivity contribution >= 4 is 22.7 Å². The molecule has 2 aliphatic heterocycles. The topological polar surface area (TPSA) is 63.0 Å². The maximum Gasteiger partial charge on any atom is 0.433 e. The summed E-state index contributed by atoms with van der Waals surface area (Å²) in [4.78, 5) is 16.4. The van der Waals surface area contributed by atoms with Gasteiger partial charge in [0.2, 0.25) is 0 Å². The van der Waals surface area contributed by atoms with Gasteiger partial charge in [-0.25, -0.2) is 23.4 Å². The summed E-state index contributed by atoms with van der Waals surface area (Å²) in [5, 5.41) is 3.94. The number of rotatable bonds is 5. The largest absolute Gasteiger partial charge is 0.433 e. The lowest BCUT2D eigenvalue weighted by atomic mass is 9.78. The molecule has 0 N–H and O–H groups in total. The van der Waals surface area contributed by atoms with Crippen LogP contribution in [0.25, 0.3) is 11.2 Å². The second-order valence-corrected chi connectivity index (χ2v) is 8.73. The minimum absolute atomic E-state index is 0.0630. The summed E-state index contributed by atoms with van der Waals surface area (Å²) in [7, 11) is 0. The first-order valence-electron chi connectivity index (χ1n) is 10.7. The Labute approximate surface area is 186 Å². The van der Waals surface area contributed by atoms with Crippen LogP contribution in [0.2, 0.25) is 0 Å². The van der Waals surface area contributed by atoms with E-state index in [-0.39, 0.29) is 5.41 Å². The van der Waals surface area contributed by atoms with Gasteiger partial charge in [0, 0.05) is 43.5 Å². The Hall–Kier alpha value is -3.05. The van der Waals surface area contributed by atoms with Crippen molar-refractivity contribution in [1.29, 1.82) is 0 Å². The van der Waals surface area contributed by atoms with Crippen molar-refractivity contribution < 1.29 is 22.0 Å². The molecule has 5 rings (SSSR count). The first kappa shape index (κ1) is 21.8. The monoisotopic (exact) mass is 467 g/mol. The third-order valence-corrected chi connectivity index (χ3v) is 6.43. The molecule has 2 aliphatic rings. The van der Waals surface area contributed by atoms with Gasteiger partial charge < -0.3 is 9.80 Å². The highest BCUT2D eigenvalue weighted by Gasteiger charge is 2.49. The zero-order valence-electron chi connectivity index (χ0n) is 17.9. The Morgan fingerprint density at radius 3 is 2.52 bits per heavy atom. The number of anilines is 2. The summed E-state index contributed by atoms with van der Waals surface area (Å²) in [6.07, 6.45) is -1.23. The van der Waals surface area contributed by atoms with Crippen LogP contribution in [-0.4, -0.2) is 57.3 Å². The molecule has 176 valence electrons.